The first kappa shape index (κ1) is 15.2. The van der Waals surface area contributed by atoms with Crippen molar-refractivity contribution >= 4 is 32.6 Å². The number of hydrogen-bond donors (Lipinski definition) is 0. The lowest BCUT2D eigenvalue weighted by atomic mass is 9.95. The molecule has 1 unspecified atom stereocenters. The fourth-order valence-electron chi connectivity index (χ4n) is 3.23. The van der Waals surface area contributed by atoms with Gasteiger partial charge in [0, 0.05) is 0 Å². The maximum atomic E-state index is 3.96. The molecule has 1 atom stereocenters. The van der Waals surface area contributed by atoms with Crippen LogP contribution >= 0.6 is 15.9 Å². The van der Waals surface area contributed by atoms with Gasteiger partial charge >= 0.3 is 0 Å². The Morgan fingerprint density at radius 2 is 1.00 bits per heavy atom. The normalized spacial score (nSPS) is 17.0. The van der Waals surface area contributed by atoms with Crippen molar-refractivity contribution in [2.24, 2.45) is 0 Å². The lowest BCUT2D eigenvalue weighted by Crippen LogP contribution is -2.01. The zero-order valence-corrected chi connectivity index (χ0v) is 14.8. The minimum atomic E-state index is 0.192. The molecule has 4 rings (SSSR count). The molecule has 0 spiro atoms. The molecule has 1 aliphatic carbocycles. The van der Waals surface area contributed by atoms with Gasteiger partial charge in [-0.25, -0.2) is 0 Å². The van der Waals surface area contributed by atoms with Gasteiger partial charge < -0.3 is 0 Å². The van der Waals surface area contributed by atoms with Gasteiger partial charge in [-0.3, -0.25) is 0 Å². The Labute approximate surface area is 151 Å². The zero-order valence-electron chi connectivity index (χ0n) is 13.2. The summed E-state index contributed by atoms with van der Waals surface area (Å²) in [5.41, 5.74) is 7.72. The highest BCUT2D eigenvalue weighted by atomic mass is 79.9. The number of alkyl halides is 1. The second-order valence-corrected chi connectivity index (χ2v) is 6.80. The summed E-state index contributed by atoms with van der Waals surface area (Å²) >= 11 is 3.96. The molecule has 3 aromatic rings. The maximum absolute atomic E-state index is 3.96. The highest BCUT2D eigenvalue weighted by Gasteiger charge is 2.28. The van der Waals surface area contributed by atoms with Crippen molar-refractivity contribution < 1.29 is 0 Å². The molecule has 0 N–H and O–H groups in total. The van der Waals surface area contributed by atoms with E-state index in [1.54, 1.807) is 0 Å². The lowest BCUT2D eigenvalue weighted by Gasteiger charge is -2.15. The van der Waals surface area contributed by atoms with Crippen molar-refractivity contribution in [3.8, 4) is 0 Å². The number of allylic oxidation sites excluding steroid dienone is 4. The van der Waals surface area contributed by atoms with E-state index >= 15 is 0 Å². The van der Waals surface area contributed by atoms with Crippen LogP contribution in [0.4, 0.5) is 0 Å². The van der Waals surface area contributed by atoms with Crippen molar-refractivity contribution in [1.29, 1.82) is 0 Å². The molecule has 116 valence electrons. The van der Waals surface area contributed by atoms with Gasteiger partial charge in [0.05, 0.1) is 4.83 Å². The molecule has 0 aromatic heterocycles. The van der Waals surface area contributed by atoms with Gasteiger partial charge in [0.2, 0.25) is 0 Å². The molecule has 0 bridgehead atoms. The molecule has 3 aromatic carbocycles. The number of halogens is 1. The molecule has 0 amide bonds. The Kier molecular flexibility index (Phi) is 4.18. The van der Waals surface area contributed by atoms with Gasteiger partial charge in [0.25, 0.3) is 0 Å². The van der Waals surface area contributed by atoms with Crippen molar-refractivity contribution in [1.82, 2.24) is 0 Å². The molecule has 0 aliphatic heterocycles. The maximum Gasteiger partial charge on any atom is 0.0662 e. The van der Waals surface area contributed by atoms with Crippen LogP contribution in [0.3, 0.4) is 0 Å². The molecule has 0 saturated heterocycles. The zero-order chi connectivity index (χ0) is 16.4. The lowest BCUT2D eigenvalue weighted by molar-refractivity contribution is 1.45. The Morgan fingerprint density at radius 3 is 1.54 bits per heavy atom. The third-order valence-electron chi connectivity index (χ3n) is 4.39. The summed E-state index contributed by atoms with van der Waals surface area (Å²) in [5, 5.41) is 0. The molecular formula is C23H17Br. The first-order chi connectivity index (χ1) is 11.8. The Hall–Kier alpha value is -2.38. The summed E-state index contributed by atoms with van der Waals surface area (Å²) in [5.74, 6) is 0. The van der Waals surface area contributed by atoms with Crippen LogP contribution in [-0.2, 0) is 0 Å². The summed E-state index contributed by atoms with van der Waals surface area (Å²) < 4.78 is 0. The third kappa shape index (κ3) is 2.76. The molecule has 0 fully saturated rings. The van der Waals surface area contributed by atoms with E-state index in [0.717, 1.165) is 0 Å². The molecule has 0 nitrogen and oxygen atoms in total. The van der Waals surface area contributed by atoms with Crippen LogP contribution in [0.1, 0.15) is 16.7 Å². The number of benzene rings is 3. The van der Waals surface area contributed by atoms with Crippen LogP contribution in [-0.4, -0.2) is 4.83 Å². The first-order valence-electron chi connectivity index (χ1n) is 8.10. The minimum Gasteiger partial charge on any atom is -0.0786 e. The predicted octanol–water partition coefficient (Wildman–Crippen LogP) is 6.46. The number of rotatable bonds is 3. The van der Waals surface area contributed by atoms with Crippen molar-refractivity contribution in [2.45, 2.75) is 4.83 Å². The average Bonchev–Trinajstić information content (AvgIpc) is 3.01. The van der Waals surface area contributed by atoms with Crippen molar-refractivity contribution in [2.75, 3.05) is 0 Å². The first-order valence-corrected chi connectivity index (χ1v) is 9.02. The van der Waals surface area contributed by atoms with Gasteiger partial charge in [-0.1, -0.05) is 107 Å². The van der Waals surface area contributed by atoms with Gasteiger partial charge in [0.1, 0.15) is 0 Å². The molecule has 1 heteroatoms. The van der Waals surface area contributed by atoms with E-state index in [4.69, 9.17) is 0 Å². The molecule has 0 radical (unpaired) electrons. The monoisotopic (exact) mass is 372 g/mol. The molecule has 0 saturated carbocycles. The van der Waals surface area contributed by atoms with E-state index in [0.29, 0.717) is 0 Å². The van der Waals surface area contributed by atoms with Crippen molar-refractivity contribution in [3.63, 3.8) is 0 Å². The van der Waals surface area contributed by atoms with Crippen LogP contribution in [0.2, 0.25) is 0 Å². The molecule has 0 heterocycles. The topological polar surface area (TPSA) is 0 Å². The fraction of sp³-hybridized carbons (Fsp3) is 0.0435. The highest BCUT2D eigenvalue weighted by molar-refractivity contribution is 9.10. The van der Waals surface area contributed by atoms with E-state index in [-0.39, 0.29) is 4.83 Å². The van der Waals surface area contributed by atoms with Gasteiger partial charge in [-0.2, -0.15) is 0 Å². The average molecular weight is 373 g/mol. The van der Waals surface area contributed by atoms with Gasteiger partial charge in [0.15, 0.2) is 0 Å². The van der Waals surface area contributed by atoms with E-state index in [1.807, 2.05) is 0 Å². The summed E-state index contributed by atoms with van der Waals surface area (Å²) in [6.07, 6.45) is 2.33. The fourth-order valence-corrected chi connectivity index (χ4v) is 4.14. The quantitative estimate of drug-likeness (QED) is 0.462. The van der Waals surface area contributed by atoms with E-state index in [1.165, 1.54) is 33.4 Å². The van der Waals surface area contributed by atoms with E-state index in [9.17, 15) is 0 Å². The van der Waals surface area contributed by atoms with E-state index in [2.05, 4.69) is 113 Å². The molecule has 24 heavy (non-hydrogen) atoms. The summed E-state index contributed by atoms with van der Waals surface area (Å²) in [6.45, 7) is 0. The van der Waals surface area contributed by atoms with Crippen LogP contribution in [0, 0.1) is 0 Å². The molecule has 1 aliphatic rings. The Bertz CT molecular complexity index is 891. The Balaban J connectivity index is 1.88. The SMILES string of the molecule is BrC1C(c2ccccc2)=CC(c2ccccc2)=C1c1ccccc1. The van der Waals surface area contributed by atoms with Crippen molar-refractivity contribution in [3.05, 3.63) is 114 Å². The highest BCUT2D eigenvalue weighted by Crippen LogP contribution is 2.46. The summed E-state index contributed by atoms with van der Waals surface area (Å²) in [6, 6.07) is 31.9. The van der Waals surface area contributed by atoms with Crippen LogP contribution in [0.5, 0.6) is 0 Å². The standard InChI is InChI=1S/C23H17Br/c24-23-21(18-12-6-2-7-13-18)16-20(17-10-4-1-5-11-17)22(23)19-14-8-3-9-15-19/h1-16,23H. The smallest absolute Gasteiger partial charge is 0.0662 e. The van der Waals surface area contributed by atoms with Crippen LogP contribution in [0.25, 0.3) is 16.7 Å². The number of hydrogen-bond acceptors (Lipinski definition) is 0. The molecular weight excluding hydrogens is 356 g/mol. The minimum absolute atomic E-state index is 0.192. The van der Waals surface area contributed by atoms with Gasteiger partial charge in [-0.05, 0) is 39.5 Å². The third-order valence-corrected chi connectivity index (χ3v) is 5.34. The van der Waals surface area contributed by atoms with Crippen LogP contribution < -0.4 is 0 Å². The van der Waals surface area contributed by atoms with E-state index < -0.39 is 0 Å². The second kappa shape index (κ2) is 6.62. The second-order valence-electron chi connectivity index (χ2n) is 5.89. The summed E-state index contributed by atoms with van der Waals surface area (Å²) in [7, 11) is 0. The van der Waals surface area contributed by atoms with Crippen LogP contribution in [0.15, 0.2) is 97.1 Å². The largest absolute Gasteiger partial charge is 0.0786 e. The van der Waals surface area contributed by atoms with Gasteiger partial charge in [-0.15, -0.1) is 0 Å². The Morgan fingerprint density at radius 1 is 0.542 bits per heavy atom. The summed E-state index contributed by atoms with van der Waals surface area (Å²) in [4.78, 5) is 0.192. The predicted molar refractivity (Wildman–Crippen MR) is 107 cm³/mol.